The third-order valence-electron chi connectivity index (χ3n) is 1.47. The topological polar surface area (TPSA) is 46.1 Å². The summed E-state index contributed by atoms with van der Waals surface area (Å²) in [7, 11) is 0. The molecule has 0 saturated heterocycles. The van der Waals surface area contributed by atoms with E-state index in [1.54, 1.807) is 13.8 Å². The van der Waals surface area contributed by atoms with Gasteiger partial charge in [-0.2, -0.15) is 0 Å². The second kappa shape index (κ2) is 2.21. The molecule has 1 rings (SSSR count). The maximum Gasteiger partial charge on any atom is -0.0404 e. The molecule has 0 aliphatic heterocycles. The van der Waals surface area contributed by atoms with E-state index in [9.17, 15) is 10.2 Å². The summed E-state index contributed by atoms with van der Waals surface area (Å²) in [5, 5.41) is 21.7. The van der Waals surface area contributed by atoms with Gasteiger partial charge in [0.25, 0.3) is 0 Å². The first kappa shape index (κ1) is 6.93. The van der Waals surface area contributed by atoms with Crippen molar-refractivity contribution in [3.05, 3.63) is 23.3 Å². The Kier molecular flexibility index (Phi) is 1.53. The quantitative estimate of drug-likeness (QED) is 0.519. The van der Waals surface area contributed by atoms with Crippen LogP contribution >= 0.6 is 0 Å². The molecule has 0 heterocycles. The van der Waals surface area contributed by atoms with E-state index in [4.69, 9.17) is 0 Å². The summed E-state index contributed by atoms with van der Waals surface area (Å²) >= 11 is 0. The number of rotatable bonds is 0. The lowest BCUT2D eigenvalue weighted by molar-refractivity contribution is -0.276. The zero-order chi connectivity index (χ0) is 7.72. The molecule has 0 amide bonds. The van der Waals surface area contributed by atoms with E-state index in [1.807, 2.05) is 0 Å². The Labute approximate surface area is 59.7 Å². The predicted molar refractivity (Wildman–Crippen MR) is 34.8 cm³/mol. The highest BCUT2D eigenvalue weighted by Gasteiger charge is 1.88. The summed E-state index contributed by atoms with van der Waals surface area (Å²) in [6, 6.07) is 2.75. The summed E-state index contributed by atoms with van der Waals surface area (Å²) in [6.07, 6.45) is 0. The maximum absolute atomic E-state index is 10.9. The smallest absolute Gasteiger partial charge is 0.0404 e. The Bertz CT molecular complexity index is 203. The molecule has 0 fully saturated rings. The SMILES string of the molecule is Cc1cc([O-])c(C)cc1[O-]. The van der Waals surface area contributed by atoms with Gasteiger partial charge in [-0.15, -0.1) is 11.5 Å². The molecule has 0 aliphatic carbocycles. The van der Waals surface area contributed by atoms with Crippen LogP contribution in [0, 0.1) is 13.8 Å². The Hall–Kier alpha value is -1.18. The summed E-state index contributed by atoms with van der Waals surface area (Å²) in [4.78, 5) is 0. The van der Waals surface area contributed by atoms with Crippen LogP contribution in [0.25, 0.3) is 0 Å². The zero-order valence-corrected chi connectivity index (χ0v) is 5.97. The fourth-order valence-electron chi connectivity index (χ4n) is 0.763. The number of benzene rings is 1. The predicted octanol–water partition coefficient (Wildman–Crippen LogP) is 0.451. The first-order valence-corrected chi connectivity index (χ1v) is 3.06. The van der Waals surface area contributed by atoms with Gasteiger partial charge in [0.1, 0.15) is 0 Å². The van der Waals surface area contributed by atoms with Gasteiger partial charge in [-0.1, -0.05) is 23.3 Å². The molecule has 2 nitrogen and oxygen atoms in total. The van der Waals surface area contributed by atoms with E-state index < -0.39 is 0 Å². The molecule has 54 valence electrons. The lowest BCUT2D eigenvalue weighted by Gasteiger charge is -2.17. The van der Waals surface area contributed by atoms with Crippen LogP contribution in [0.1, 0.15) is 11.1 Å². The van der Waals surface area contributed by atoms with Crippen LogP contribution in [0.2, 0.25) is 0 Å². The summed E-state index contributed by atoms with van der Waals surface area (Å²) in [5.41, 5.74) is 1.05. The fraction of sp³-hybridized carbons (Fsp3) is 0.250. The molecule has 0 atom stereocenters. The zero-order valence-electron chi connectivity index (χ0n) is 5.97. The highest BCUT2D eigenvalue weighted by Crippen LogP contribution is 2.20. The minimum absolute atomic E-state index is 0.0582. The molecule has 0 saturated carbocycles. The largest absolute Gasteiger partial charge is 0.872 e. The van der Waals surface area contributed by atoms with Crippen molar-refractivity contribution in [2.45, 2.75) is 13.8 Å². The Morgan fingerprint density at radius 1 is 0.900 bits per heavy atom. The van der Waals surface area contributed by atoms with E-state index in [0.29, 0.717) is 11.1 Å². The molecular weight excluding hydrogens is 128 g/mol. The summed E-state index contributed by atoms with van der Waals surface area (Å²) < 4.78 is 0. The Balaban J connectivity index is 3.28. The van der Waals surface area contributed by atoms with E-state index in [-0.39, 0.29) is 11.5 Å². The third-order valence-corrected chi connectivity index (χ3v) is 1.47. The average molecular weight is 136 g/mol. The third kappa shape index (κ3) is 1.05. The first-order chi connectivity index (χ1) is 4.61. The lowest BCUT2D eigenvalue weighted by Crippen LogP contribution is -1.98. The van der Waals surface area contributed by atoms with Gasteiger partial charge in [0, 0.05) is 0 Å². The second-order valence-corrected chi connectivity index (χ2v) is 2.38. The number of hydrogen-bond acceptors (Lipinski definition) is 2. The van der Waals surface area contributed by atoms with Crippen molar-refractivity contribution >= 4 is 0 Å². The van der Waals surface area contributed by atoms with Gasteiger partial charge in [-0.25, -0.2) is 0 Å². The second-order valence-electron chi connectivity index (χ2n) is 2.38. The first-order valence-electron chi connectivity index (χ1n) is 3.06. The molecule has 10 heavy (non-hydrogen) atoms. The van der Waals surface area contributed by atoms with E-state index in [2.05, 4.69) is 0 Å². The van der Waals surface area contributed by atoms with Crippen molar-refractivity contribution in [1.82, 2.24) is 0 Å². The van der Waals surface area contributed by atoms with Gasteiger partial charge in [0.2, 0.25) is 0 Å². The van der Waals surface area contributed by atoms with Gasteiger partial charge in [0.05, 0.1) is 0 Å². The van der Waals surface area contributed by atoms with Crippen LogP contribution in [-0.4, -0.2) is 0 Å². The molecule has 0 bridgehead atoms. The van der Waals surface area contributed by atoms with Gasteiger partial charge in [0.15, 0.2) is 0 Å². The molecule has 1 aromatic carbocycles. The molecule has 0 aliphatic rings. The van der Waals surface area contributed by atoms with Crippen molar-refractivity contribution in [1.29, 1.82) is 0 Å². The van der Waals surface area contributed by atoms with Crippen molar-refractivity contribution < 1.29 is 10.2 Å². The standard InChI is InChI=1S/C8H10O2/c1-5-3-8(10)6(2)4-7(5)9/h3-4,9-10H,1-2H3/p-2. The molecule has 0 N–H and O–H groups in total. The monoisotopic (exact) mass is 136 g/mol. The number of hydrogen-bond donors (Lipinski definition) is 0. The van der Waals surface area contributed by atoms with Crippen LogP contribution in [0.4, 0.5) is 0 Å². The Morgan fingerprint density at radius 3 is 1.50 bits per heavy atom. The van der Waals surface area contributed by atoms with E-state index in [0.717, 1.165) is 0 Å². The van der Waals surface area contributed by atoms with Crippen molar-refractivity contribution in [3.63, 3.8) is 0 Å². The fourth-order valence-corrected chi connectivity index (χ4v) is 0.763. The molecule has 2 heteroatoms. The van der Waals surface area contributed by atoms with Crippen molar-refractivity contribution in [2.24, 2.45) is 0 Å². The summed E-state index contributed by atoms with van der Waals surface area (Å²) in [5.74, 6) is -0.116. The highest BCUT2D eigenvalue weighted by atomic mass is 16.3. The van der Waals surface area contributed by atoms with Gasteiger partial charge in [-0.05, 0) is 13.8 Å². The molecule has 0 spiro atoms. The molecule has 0 radical (unpaired) electrons. The van der Waals surface area contributed by atoms with Crippen LogP contribution in [0.5, 0.6) is 11.5 Å². The van der Waals surface area contributed by atoms with Crippen molar-refractivity contribution in [2.75, 3.05) is 0 Å². The lowest BCUT2D eigenvalue weighted by atomic mass is 10.1. The normalized spacial score (nSPS) is 9.80. The maximum atomic E-state index is 10.9. The summed E-state index contributed by atoms with van der Waals surface area (Å²) in [6.45, 7) is 3.28. The van der Waals surface area contributed by atoms with Gasteiger partial charge >= 0.3 is 0 Å². The van der Waals surface area contributed by atoms with Gasteiger partial charge < -0.3 is 10.2 Å². The number of aryl methyl sites for hydroxylation is 2. The van der Waals surface area contributed by atoms with Crippen LogP contribution in [0.3, 0.4) is 0 Å². The minimum Gasteiger partial charge on any atom is -0.872 e. The van der Waals surface area contributed by atoms with Crippen LogP contribution in [-0.2, 0) is 0 Å². The molecule has 0 aromatic heterocycles. The highest BCUT2D eigenvalue weighted by molar-refractivity contribution is 5.42. The molecular formula is C8H8O2-2. The minimum atomic E-state index is -0.0582. The average Bonchev–Trinajstić information content (AvgIpc) is 1.84. The van der Waals surface area contributed by atoms with E-state index in [1.165, 1.54) is 12.1 Å². The van der Waals surface area contributed by atoms with Crippen molar-refractivity contribution in [3.8, 4) is 11.5 Å². The molecule has 1 aromatic rings. The van der Waals surface area contributed by atoms with Gasteiger partial charge in [-0.3, -0.25) is 0 Å². The molecule has 0 unspecified atom stereocenters. The van der Waals surface area contributed by atoms with E-state index >= 15 is 0 Å². The van der Waals surface area contributed by atoms with Crippen LogP contribution in [0.15, 0.2) is 12.1 Å². The van der Waals surface area contributed by atoms with Crippen LogP contribution < -0.4 is 10.2 Å². The Morgan fingerprint density at radius 2 is 1.20 bits per heavy atom.